The van der Waals surface area contributed by atoms with Crippen molar-refractivity contribution in [2.45, 2.75) is 58.3 Å². The zero-order chi connectivity index (χ0) is 25.9. The van der Waals surface area contributed by atoms with Gasteiger partial charge in [0.15, 0.2) is 0 Å². The minimum atomic E-state index is -0.137. The van der Waals surface area contributed by atoms with Crippen LogP contribution in [0.3, 0.4) is 0 Å². The first-order valence-corrected chi connectivity index (χ1v) is 13.1. The summed E-state index contributed by atoms with van der Waals surface area (Å²) in [5, 5.41) is 12.9. The summed E-state index contributed by atoms with van der Waals surface area (Å²) in [7, 11) is 0. The van der Waals surface area contributed by atoms with Crippen LogP contribution in [0.5, 0.6) is 0 Å². The Morgan fingerprint density at radius 1 is 1.03 bits per heavy atom. The first kappa shape index (κ1) is 25.2. The van der Waals surface area contributed by atoms with Gasteiger partial charge in [0, 0.05) is 18.8 Å². The van der Waals surface area contributed by atoms with E-state index in [0.29, 0.717) is 35.3 Å². The molecule has 2 aromatic carbocycles. The molecule has 0 radical (unpaired) electrons. The number of para-hydroxylation sites is 2. The fourth-order valence-electron chi connectivity index (χ4n) is 5.28. The van der Waals surface area contributed by atoms with Crippen LogP contribution < -0.4 is 11.0 Å². The SMILES string of the molecule is Cc1ncc(Cl)cc1C(=O)N[C@H]1CC[C@H](Cn2c(=O)n(Cc3ccc(CO)cc3)c3ccccc32)CC1. The molecular weight excluding hydrogens is 488 g/mol. The fraction of sp³-hybridized carbons (Fsp3) is 0.345. The highest BCUT2D eigenvalue weighted by Crippen LogP contribution is 2.27. The lowest BCUT2D eigenvalue weighted by atomic mass is 9.85. The summed E-state index contributed by atoms with van der Waals surface area (Å²) >= 11 is 6.03. The third-order valence-electron chi connectivity index (χ3n) is 7.39. The van der Waals surface area contributed by atoms with Gasteiger partial charge < -0.3 is 10.4 Å². The Hall–Kier alpha value is -3.42. The molecule has 7 nitrogen and oxygen atoms in total. The van der Waals surface area contributed by atoms with Crippen molar-refractivity contribution in [2.75, 3.05) is 0 Å². The normalized spacial score (nSPS) is 17.7. The van der Waals surface area contributed by atoms with Crippen molar-refractivity contribution in [1.29, 1.82) is 0 Å². The van der Waals surface area contributed by atoms with Gasteiger partial charge in [-0.15, -0.1) is 0 Å². The van der Waals surface area contributed by atoms with E-state index in [4.69, 9.17) is 11.6 Å². The van der Waals surface area contributed by atoms with Gasteiger partial charge in [0.2, 0.25) is 0 Å². The lowest BCUT2D eigenvalue weighted by Gasteiger charge is -2.29. The number of aromatic nitrogens is 3. The molecule has 0 bridgehead atoms. The number of nitrogens with zero attached hydrogens (tertiary/aromatic N) is 3. The van der Waals surface area contributed by atoms with E-state index >= 15 is 0 Å². The molecule has 8 heteroatoms. The van der Waals surface area contributed by atoms with Crippen LogP contribution in [0.25, 0.3) is 11.0 Å². The van der Waals surface area contributed by atoms with Gasteiger partial charge in [0.25, 0.3) is 5.91 Å². The molecule has 192 valence electrons. The quantitative estimate of drug-likeness (QED) is 0.371. The standard InChI is InChI=1S/C29H31ClN4O3/c1-19-25(14-23(30)15-31-19)28(36)32-24-12-10-21(11-13-24)17-34-27-5-3-2-4-26(27)33(29(34)37)16-20-6-8-22(18-35)9-7-20/h2-9,14-15,21,24,35H,10-13,16-18H2,1H3,(H,32,36)/t21-,24-. The summed E-state index contributed by atoms with van der Waals surface area (Å²) < 4.78 is 3.73. The fourth-order valence-corrected chi connectivity index (χ4v) is 5.44. The molecular formula is C29H31ClN4O3. The molecule has 1 aliphatic rings. The molecule has 1 fully saturated rings. The zero-order valence-corrected chi connectivity index (χ0v) is 21.6. The van der Waals surface area contributed by atoms with Crippen LogP contribution in [0.2, 0.25) is 5.02 Å². The molecule has 0 spiro atoms. The van der Waals surface area contributed by atoms with E-state index in [-0.39, 0.29) is 24.2 Å². The monoisotopic (exact) mass is 518 g/mol. The summed E-state index contributed by atoms with van der Waals surface area (Å²) in [4.78, 5) is 30.5. The highest BCUT2D eigenvalue weighted by molar-refractivity contribution is 6.30. The van der Waals surface area contributed by atoms with Crippen molar-refractivity contribution in [1.82, 2.24) is 19.4 Å². The number of amides is 1. The smallest absolute Gasteiger partial charge is 0.329 e. The maximum Gasteiger partial charge on any atom is 0.329 e. The molecule has 0 unspecified atom stereocenters. The van der Waals surface area contributed by atoms with E-state index in [1.165, 1.54) is 0 Å². The van der Waals surface area contributed by atoms with Crippen LogP contribution in [0.4, 0.5) is 0 Å². The maximum absolute atomic E-state index is 13.5. The summed E-state index contributed by atoms with van der Waals surface area (Å²) in [6.07, 6.45) is 5.16. The number of fused-ring (bicyclic) bond motifs is 1. The number of hydrogen-bond acceptors (Lipinski definition) is 4. The number of halogens is 1. The van der Waals surface area contributed by atoms with Gasteiger partial charge >= 0.3 is 5.69 Å². The molecule has 37 heavy (non-hydrogen) atoms. The second-order valence-electron chi connectivity index (χ2n) is 9.92. The van der Waals surface area contributed by atoms with Crippen molar-refractivity contribution >= 4 is 28.5 Å². The number of imidazole rings is 1. The van der Waals surface area contributed by atoms with Crippen LogP contribution in [-0.4, -0.2) is 31.2 Å². The number of rotatable bonds is 7. The Morgan fingerprint density at radius 2 is 1.68 bits per heavy atom. The first-order chi connectivity index (χ1) is 17.9. The number of hydrogen-bond donors (Lipinski definition) is 2. The van der Waals surface area contributed by atoms with Crippen LogP contribution in [0.15, 0.2) is 65.6 Å². The number of pyridine rings is 1. The summed E-state index contributed by atoms with van der Waals surface area (Å²) in [5.41, 5.74) is 4.90. The molecule has 1 aliphatic carbocycles. The van der Waals surface area contributed by atoms with Crippen LogP contribution in [-0.2, 0) is 19.7 Å². The van der Waals surface area contributed by atoms with E-state index in [1.54, 1.807) is 19.2 Å². The Labute approximate surface area is 220 Å². The Bertz CT molecular complexity index is 1470. The van der Waals surface area contributed by atoms with E-state index < -0.39 is 0 Å². The van der Waals surface area contributed by atoms with Gasteiger partial charge in [0.05, 0.1) is 40.5 Å². The largest absolute Gasteiger partial charge is 0.392 e. The topological polar surface area (TPSA) is 89.2 Å². The minimum Gasteiger partial charge on any atom is -0.392 e. The second-order valence-corrected chi connectivity index (χ2v) is 10.4. The number of carbonyl (C=O) groups excluding carboxylic acids is 1. The van der Waals surface area contributed by atoms with E-state index in [1.807, 2.05) is 57.7 Å². The number of aliphatic hydroxyl groups is 1. The molecule has 0 atom stereocenters. The van der Waals surface area contributed by atoms with Crippen molar-refractivity contribution in [3.63, 3.8) is 0 Å². The predicted octanol–water partition coefficient (Wildman–Crippen LogP) is 4.69. The van der Waals surface area contributed by atoms with Gasteiger partial charge in [-0.25, -0.2) is 4.79 Å². The van der Waals surface area contributed by atoms with Gasteiger partial charge in [-0.05, 0) is 67.9 Å². The highest BCUT2D eigenvalue weighted by Gasteiger charge is 2.25. The predicted molar refractivity (Wildman–Crippen MR) is 145 cm³/mol. The molecule has 5 rings (SSSR count). The lowest BCUT2D eigenvalue weighted by Crippen LogP contribution is -2.39. The number of aryl methyl sites for hydroxylation is 1. The molecule has 2 heterocycles. The minimum absolute atomic E-state index is 0.00289. The van der Waals surface area contributed by atoms with Crippen LogP contribution in [0.1, 0.15) is 52.9 Å². The van der Waals surface area contributed by atoms with E-state index in [9.17, 15) is 14.7 Å². The van der Waals surface area contributed by atoms with Crippen molar-refractivity contribution in [2.24, 2.45) is 5.92 Å². The van der Waals surface area contributed by atoms with E-state index in [2.05, 4.69) is 10.3 Å². The number of nitrogens with one attached hydrogen (secondary N) is 1. The third kappa shape index (κ3) is 5.48. The maximum atomic E-state index is 13.5. The van der Waals surface area contributed by atoms with Gasteiger partial charge in [-0.1, -0.05) is 48.0 Å². The first-order valence-electron chi connectivity index (χ1n) is 12.7. The van der Waals surface area contributed by atoms with E-state index in [0.717, 1.165) is 47.8 Å². The van der Waals surface area contributed by atoms with Crippen molar-refractivity contribution in [3.05, 3.63) is 98.7 Å². The van der Waals surface area contributed by atoms with Gasteiger partial charge in [-0.3, -0.25) is 18.9 Å². The Kier molecular flexibility index (Phi) is 7.44. The summed E-state index contributed by atoms with van der Waals surface area (Å²) in [6, 6.07) is 17.4. The molecule has 2 aromatic heterocycles. The average Bonchev–Trinajstić information content (AvgIpc) is 3.17. The van der Waals surface area contributed by atoms with Crippen LogP contribution >= 0.6 is 11.6 Å². The lowest BCUT2D eigenvalue weighted by molar-refractivity contribution is 0.0919. The molecule has 0 saturated heterocycles. The summed E-state index contributed by atoms with van der Waals surface area (Å²) in [5.74, 6) is 0.228. The molecule has 4 aromatic rings. The molecule has 1 amide bonds. The average molecular weight is 519 g/mol. The van der Waals surface area contributed by atoms with Gasteiger partial charge in [-0.2, -0.15) is 0 Å². The number of carbonyl (C=O) groups is 1. The number of aliphatic hydroxyl groups excluding tert-OH is 1. The van der Waals surface area contributed by atoms with Crippen molar-refractivity contribution < 1.29 is 9.90 Å². The van der Waals surface area contributed by atoms with Crippen molar-refractivity contribution in [3.8, 4) is 0 Å². The highest BCUT2D eigenvalue weighted by atomic mass is 35.5. The Balaban J connectivity index is 1.27. The zero-order valence-electron chi connectivity index (χ0n) is 20.9. The second kappa shape index (κ2) is 10.9. The number of benzene rings is 2. The molecule has 2 N–H and O–H groups in total. The Morgan fingerprint density at radius 3 is 2.35 bits per heavy atom. The summed E-state index contributed by atoms with van der Waals surface area (Å²) in [6.45, 7) is 2.95. The van der Waals surface area contributed by atoms with Crippen LogP contribution in [0, 0.1) is 12.8 Å². The van der Waals surface area contributed by atoms with Gasteiger partial charge in [0.1, 0.15) is 0 Å². The molecule has 0 aliphatic heterocycles. The molecule has 1 saturated carbocycles. The third-order valence-corrected chi connectivity index (χ3v) is 7.60.